The smallest absolute Gasteiger partial charge is 0.186 e. The van der Waals surface area contributed by atoms with Gasteiger partial charge in [-0.2, -0.15) is 0 Å². The summed E-state index contributed by atoms with van der Waals surface area (Å²) in [6.45, 7) is 7.58. The molecule has 1 rings (SSSR count). The number of hydrogen-bond donors (Lipinski definition) is 2. The number of nitrogens with zero attached hydrogens (tertiary/aromatic N) is 1. The summed E-state index contributed by atoms with van der Waals surface area (Å²) in [5.74, 6) is 1.61. The average Bonchev–Trinajstić information content (AvgIpc) is 2.27. The molecule has 0 spiro atoms. The Bertz CT molecular complexity index is 410. The summed E-state index contributed by atoms with van der Waals surface area (Å²) in [6.07, 6.45) is 1.04. The summed E-state index contributed by atoms with van der Waals surface area (Å²) in [7, 11) is 0. The van der Waals surface area contributed by atoms with Crippen LogP contribution < -0.4 is 16.2 Å². The summed E-state index contributed by atoms with van der Waals surface area (Å²) >= 11 is 0. The van der Waals surface area contributed by atoms with Crippen molar-refractivity contribution < 1.29 is 4.74 Å². The van der Waals surface area contributed by atoms with Crippen molar-refractivity contribution in [1.82, 2.24) is 0 Å². The first-order chi connectivity index (χ1) is 8.49. The lowest BCUT2D eigenvalue weighted by Gasteiger charge is -2.12. The molecule has 100 valence electrons. The van der Waals surface area contributed by atoms with E-state index in [0.29, 0.717) is 12.5 Å². The Morgan fingerprint density at radius 2 is 2.06 bits per heavy atom. The van der Waals surface area contributed by atoms with Crippen LogP contribution >= 0.6 is 0 Å². The lowest BCUT2D eigenvalue weighted by Crippen LogP contribution is -2.22. The van der Waals surface area contributed by atoms with Gasteiger partial charge >= 0.3 is 0 Å². The van der Waals surface area contributed by atoms with Crippen molar-refractivity contribution in [2.24, 2.45) is 22.4 Å². The monoisotopic (exact) mass is 249 g/mol. The minimum Gasteiger partial charge on any atom is -0.493 e. The van der Waals surface area contributed by atoms with E-state index in [-0.39, 0.29) is 5.96 Å². The molecule has 1 aromatic carbocycles. The molecular weight excluding hydrogens is 226 g/mol. The van der Waals surface area contributed by atoms with Crippen LogP contribution in [0.25, 0.3) is 0 Å². The normalized spacial score (nSPS) is 10.4. The molecule has 0 aromatic heterocycles. The maximum atomic E-state index is 5.81. The summed E-state index contributed by atoms with van der Waals surface area (Å²) < 4.78 is 5.81. The Morgan fingerprint density at radius 1 is 1.33 bits per heavy atom. The molecule has 0 radical (unpaired) electrons. The number of ether oxygens (including phenoxy) is 1. The molecule has 18 heavy (non-hydrogen) atoms. The Balaban J connectivity index is 2.73. The first kappa shape index (κ1) is 14.4. The summed E-state index contributed by atoms with van der Waals surface area (Å²) in [5.41, 5.74) is 12.9. The lowest BCUT2D eigenvalue weighted by molar-refractivity contribution is 0.287. The quantitative estimate of drug-likeness (QED) is 0.599. The van der Waals surface area contributed by atoms with Crippen LogP contribution in [0.3, 0.4) is 0 Å². The molecule has 0 saturated carbocycles. The van der Waals surface area contributed by atoms with Gasteiger partial charge in [-0.15, -0.1) is 0 Å². The van der Waals surface area contributed by atoms with Gasteiger partial charge in [0.2, 0.25) is 0 Å². The minimum absolute atomic E-state index is 0.101. The SMILES string of the molecule is Cc1ccc(CN=C(N)N)c(OCCC(C)C)c1. The topological polar surface area (TPSA) is 73.6 Å². The standard InChI is InChI=1S/C14H23N3O/c1-10(2)6-7-18-13-8-11(3)4-5-12(13)9-17-14(15)16/h4-5,8,10H,6-7,9H2,1-3H3,(H4,15,16,17). The van der Waals surface area contributed by atoms with Crippen molar-refractivity contribution in [3.05, 3.63) is 29.3 Å². The lowest BCUT2D eigenvalue weighted by atomic mass is 10.1. The van der Waals surface area contributed by atoms with Gasteiger partial charge in [-0.1, -0.05) is 26.0 Å². The van der Waals surface area contributed by atoms with Crippen LogP contribution in [0, 0.1) is 12.8 Å². The number of nitrogens with two attached hydrogens (primary N) is 2. The van der Waals surface area contributed by atoms with Crippen LogP contribution in [-0.2, 0) is 6.54 Å². The fraction of sp³-hybridized carbons (Fsp3) is 0.500. The van der Waals surface area contributed by atoms with Crippen LogP contribution in [0.15, 0.2) is 23.2 Å². The van der Waals surface area contributed by atoms with Gasteiger partial charge in [0.05, 0.1) is 13.2 Å². The van der Waals surface area contributed by atoms with E-state index in [1.807, 2.05) is 25.1 Å². The molecular formula is C14H23N3O. The molecule has 0 heterocycles. The van der Waals surface area contributed by atoms with E-state index in [1.54, 1.807) is 0 Å². The number of hydrogen-bond acceptors (Lipinski definition) is 2. The Morgan fingerprint density at radius 3 is 2.67 bits per heavy atom. The zero-order valence-electron chi connectivity index (χ0n) is 11.4. The number of guanidine groups is 1. The van der Waals surface area contributed by atoms with E-state index in [0.717, 1.165) is 24.3 Å². The molecule has 0 saturated heterocycles. The molecule has 4 heteroatoms. The highest BCUT2D eigenvalue weighted by molar-refractivity contribution is 5.75. The minimum atomic E-state index is 0.101. The summed E-state index contributed by atoms with van der Waals surface area (Å²) in [5, 5.41) is 0. The maximum Gasteiger partial charge on any atom is 0.186 e. The van der Waals surface area contributed by atoms with Crippen molar-refractivity contribution in [1.29, 1.82) is 0 Å². The highest BCUT2D eigenvalue weighted by atomic mass is 16.5. The molecule has 0 aliphatic carbocycles. The Kier molecular flexibility index (Phi) is 5.49. The van der Waals surface area contributed by atoms with Crippen molar-refractivity contribution >= 4 is 5.96 Å². The predicted octanol–water partition coefficient (Wildman–Crippen LogP) is 2.19. The molecule has 0 aliphatic heterocycles. The van der Waals surface area contributed by atoms with E-state index < -0.39 is 0 Å². The Hall–Kier alpha value is -1.71. The number of aliphatic imine (C=N–C) groups is 1. The second kappa shape index (κ2) is 6.89. The second-order valence-corrected chi connectivity index (χ2v) is 4.88. The molecule has 4 N–H and O–H groups in total. The van der Waals surface area contributed by atoms with Gasteiger partial charge in [0, 0.05) is 5.56 Å². The van der Waals surface area contributed by atoms with Crippen molar-refractivity contribution in [3.8, 4) is 5.75 Å². The molecule has 0 amide bonds. The zero-order valence-corrected chi connectivity index (χ0v) is 11.4. The third-order valence-corrected chi connectivity index (χ3v) is 2.61. The van der Waals surface area contributed by atoms with Gasteiger partial charge in [-0.05, 0) is 30.9 Å². The summed E-state index contributed by atoms with van der Waals surface area (Å²) in [4.78, 5) is 4.02. The van der Waals surface area contributed by atoms with Gasteiger partial charge in [0.25, 0.3) is 0 Å². The third-order valence-electron chi connectivity index (χ3n) is 2.61. The second-order valence-electron chi connectivity index (χ2n) is 4.88. The third kappa shape index (κ3) is 5.08. The van der Waals surface area contributed by atoms with Crippen molar-refractivity contribution in [3.63, 3.8) is 0 Å². The fourth-order valence-electron chi connectivity index (χ4n) is 1.51. The van der Waals surface area contributed by atoms with Gasteiger partial charge in [0.15, 0.2) is 5.96 Å². The highest BCUT2D eigenvalue weighted by Crippen LogP contribution is 2.21. The van der Waals surface area contributed by atoms with E-state index in [9.17, 15) is 0 Å². The maximum absolute atomic E-state index is 5.81. The first-order valence-electron chi connectivity index (χ1n) is 6.26. The van der Waals surface area contributed by atoms with Crippen LogP contribution in [0.1, 0.15) is 31.4 Å². The van der Waals surface area contributed by atoms with E-state index in [1.165, 1.54) is 5.56 Å². The molecule has 4 nitrogen and oxygen atoms in total. The van der Waals surface area contributed by atoms with Crippen LogP contribution in [0.5, 0.6) is 5.75 Å². The first-order valence-corrected chi connectivity index (χ1v) is 6.26. The van der Waals surface area contributed by atoms with E-state index >= 15 is 0 Å². The molecule has 0 fully saturated rings. The highest BCUT2D eigenvalue weighted by Gasteiger charge is 2.04. The van der Waals surface area contributed by atoms with Crippen LogP contribution in [0.4, 0.5) is 0 Å². The number of rotatable bonds is 6. The molecule has 1 aromatic rings. The van der Waals surface area contributed by atoms with Gasteiger partial charge in [-0.3, -0.25) is 0 Å². The average molecular weight is 249 g/mol. The van der Waals surface area contributed by atoms with Gasteiger partial charge in [-0.25, -0.2) is 4.99 Å². The van der Waals surface area contributed by atoms with Crippen molar-refractivity contribution in [2.45, 2.75) is 33.7 Å². The van der Waals surface area contributed by atoms with E-state index in [2.05, 4.69) is 18.8 Å². The molecule has 0 bridgehead atoms. The Labute approximate surface area is 109 Å². The van der Waals surface area contributed by atoms with E-state index in [4.69, 9.17) is 16.2 Å². The van der Waals surface area contributed by atoms with Crippen LogP contribution in [0.2, 0.25) is 0 Å². The molecule has 0 unspecified atom stereocenters. The largest absolute Gasteiger partial charge is 0.493 e. The zero-order chi connectivity index (χ0) is 13.5. The summed E-state index contributed by atoms with van der Waals surface area (Å²) in [6, 6.07) is 6.07. The molecule has 0 atom stereocenters. The molecule has 0 aliphatic rings. The van der Waals surface area contributed by atoms with Gasteiger partial charge in [0.1, 0.15) is 5.75 Å². The van der Waals surface area contributed by atoms with Crippen molar-refractivity contribution in [2.75, 3.05) is 6.61 Å². The number of aryl methyl sites for hydroxylation is 1. The number of benzene rings is 1. The van der Waals surface area contributed by atoms with Gasteiger partial charge < -0.3 is 16.2 Å². The van der Waals surface area contributed by atoms with Crippen LogP contribution in [-0.4, -0.2) is 12.6 Å². The fourth-order valence-corrected chi connectivity index (χ4v) is 1.51. The predicted molar refractivity (Wildman–Crippen MR) is 75.6 cm³/mol.